The van der Waals surface area contributed by atoms with Gasteiger partial charge >= 0.3 is 24.3 Å². The molecule has 0 fully saturated rings. The molecule has 0 aliphatic heterocycles. The largest absolute Gasteiger partial charge is 0.542 e. The molecule has 0 heterocycles. The molecule has 0 aliphatic carbocycles. The lowest BCUT2D eigenvalue weighted by atomic mass is 10.0. The molecule has 2 unspecified atom stereocenters. The highest BCUT2D eigenvalue weighted by molar-refractivity contribution is 5.75. The van der Waals surface area contributed by atoms with Gasteiger partial charge in [-0.15, -0.1) is 0 Å². The molecule has 0 rings (SSSR count). The number of carbonyl (C=O) groups excluding carboxylic acids is 4. The SMILES string of the molecule is CCCCCCCCCCCCCCCCCC[N+](C)(CCCCC[N+](C)(CCCCCCCCCCCCCCCCCC)[C@@H](CO)C(=O)OC)[C@@H](CO)C(=O)OC.O=C([O-])C(F)(F)F.O=C([O-])C(F)(F)F. The summed E-state index contributed by atoms with van der Waals surface area (Å²) in [6.45, 7) is 7.42. The number of carboxylic acid groups (broad SMARTS) is 2. The van der Waals surface area contributed by atoms with E-state index in [0.29, 0.717) is 8.97 Å². The fraction of sp³-hybridized carbons (Fsp3) is 0.927. The van der Waals surface area contributed by atoms with Gasteiger partial charge in [-0.2, -0.15) is 26.3 Å². The summed E-state index contributed by atoms with van der Waals surface area (Å²) < 4.78 is 74.4. The second kappa shape index (κ2) is 47.7. The van der Waals surface area contributed by atoms with Crippen LogP contribution in [0.5, 0.6) is 0 Å². The van der Waals surface area contributed by atoms with E-state index in [4.69, 9.17) is 29.3 Å². The van der Waals surface area contributed by atoms with Crippen LogP contribution in [-0.2, 0) is 28.7 Å². The van der Waals surface area contributed by atoms with Crippen molar-refractivity contribution in [2.24, 2.45) is 0 Å². The van der Waals surface area contributed by atoms with Crippen LogP contribution in [0, 0.1) is 0 Å². The van der Waals surface area contributed by atoms with Gasteiger partial charge in [0.1, 0.15) is 25.2 Å². The first kappa shape index (κ1) is 74.5. The van der Waals surface area contributed by atoms with Crippen molar-refractivity contribution in [3.05, 3.63) is 0 Å². The molecule has 0 aromatic heterocycles. The van der Waals surface area contributed by atoms with Crippen LogP contribution in [0.25, 0.3) is 0 Å². The third-order valence-corrected chi connectivity index (χ3v) is 14.1. The highest BCUT2D eigenvalue weighted by Crippen LogP contribution is 2.22. The minimum atomic E-state index is -5.19. The van der Waals surface area contributed by atoms with Gasteiger partial charge in [0.2, 0.25) is 12.1 Å². The Hall–Kier alpha value is -2.70. The van der Waals surface area contributed by atoms with E-state index in [0.717, 1.165) is 71.1 Å². The summed E-state index contributed by atoms with van der Waals surface area (Å²) in [6.07, 6.45) is 34.9. The highest BCUT2D eigenvalue weighted by Gasteiger charge is 2.40. The zero-order valence-corrected chi connectivity index (χ0v) is 46.5. The number of esters is 2. The van der Waals surface area contributed by atoms with Crippen molar-refractivity contribution in [1.29, 1.82) is 0 Å². The van der Waals surface area contributed by atoms with E-state index in [9.17, 15) is 46.1 Å². The Morgan fingerprint density at radius 2 is 0.534 bits per heavy atom. The quantitative estimate of drug-likeness (QED) is 0.0258. The number of ether oxygens (including phenoxy) is 2. The maximum Gasteiger partial charge on any atom is 0.430 e. The summed E-state index contributed by atoms with van der Waals surface area (Å²) in [4.78, 5) is 43.2. The maximum absolute atomic E-state index is 12.8. The second-order valence-corrected chi connectivity index (χ2v) is 20.5. The molecule has 0 bridgehead atoms. The molecular formula is C55H104F6N2O10. The van der Waals surface area contributed by atoms with E-state index in [1.165, 1.54) is 194 Å². The fourth-order valence-electron chi connectivity index (χ4n) is 9.34. The van der Waals surface area contributed by atoms with Gasteiger partial charge in [-0.25, -0.2) is 9.59 Å². The van der Waals surface area contributed by atoms with Gasteiger partial charge in [-0.05, 0) is 44.9 Å². The molecule has 436 valence electrons. The second-order valence-electron chi connectivity index (χ2n) is 20.5. The lowest BCUT2D eigenvalue weighted by Crippen LogP contribution is -2.59. The third-order valence-electron chi connectivity index (χ3n) is 14.1. The number of quaternary nitrogens is 2. The van der Waals surface area contributed by atoms with Crippen LogP contribution in [0.2, 0.25) is 0 Å². The summed E-state index contributed by atoms with van der Waals surface area (Å²) in [5, 5.41) is 38.2. The number of carboxylic acids is 2. The number of likely N-dealkylation sites (N-methyl/N-ethyl adjacent to an activating group) is 2. The molecule has 0 spiro atoms. The lowest BCUT2D eigenvalue weighted by Gasteiger charge is -2.40. The van der Waals surface area contributed by atoms with Crippen molar-refractivity contribution in [1.82, 2.24) is 0 Å². The minimum absolute atomic E-state index is 0.215. The lowest BCUT2D eigenvalue weighted by molar-refractivity contribution is -0.928. The molecule has 0 amide bonds. The summed E-state index contributed by atoms with van der Waals surface area (Å²) in [7, 11) is 7.06. The highest BCUT2D eigenvalue weighted by atomic mass is 19.4. The average molecular weight is 1070 g/mol. The zero-order valence-electron chi connectivity index (χ0n) is 46.5. The Balaban J connectivity index is -0.00000303. The van der Waals surface area contributed by atoms with Crippen molar-refractivity contribution in [2.45, 2.75) is 263 Å². The molecule has 18 heteroatoms. The number of aliphatic hydroxyl groups excluding tert-OH is 2. The monoisotopic (exact) mass is 1070 g/mol. The number of methoxy groups -OCH3 is 2. The molecule has 0 radical (unpaired) electrons. The van der Waals surface area contributed by atoms with Crippen LogP contribution in [0.15, 0.2) is 0 Å². The van der Waals surface area contributed by atoms with Crippen LogP contribution >= 0.6 is 0 Å². The molecule has 0 aromatic carbocycles. The van der Waals surface area contributed by atoms with E-state index >= 15 is 0 Å². The summed E-state index contributed by atoms with van der Waals surface area (Å²) in [6, 6.07) is -1.16. The van der Waals surface area contributed by atoms with E-state index < -0.39 is 36.4 Å². The van der Waals surface area contributed by atoms with Gasteiger partial charge in [0.05, 0.1) is 54.5 Å². The van der Waals surface area contributed by atoms with Crippen molar-refractivity contribution in [2.75, 3.05) is 67.7 Å². The Morgan fingerprint density at radius 3 is 0.671 bits per heavy atom. The smallest absolute Gasteiger partial charge is 0.430 e. The van der Waals surface area contributed by atoms with Gasteiger partial charge in [0.15, 0.2) is 0 Å². The van der Waals surface area contributed by atoms with Crippen LogP contribution in [0.1, 0.15) is 239 Å². The predicted molar refractivity (Wildman–Crippen MR) is 273 cm³/mol. The Kier molecular flexibility index (Phi) is 48.7. The average Bonchev–Trinajstić information content (AvgIpc) is 3.33. The van der Waals surface area contributed by atoms with Gasteiger partial charge in [0.25, 0.3) is 0 Å². The van der Waals surface area contributed by atoms with Crippen molar-refractivity contribution in [3.63, 3.8) is 0 Å². The number of hydrogen-bond donors (Lipinski definition) is 2. The van der Waals surface area contributed by atoms with Crippen molar-refractivity contribution in [3.8, 4) is 0 Å². The van der Waals surface area contributed by atoms with Crippen LogP contribution in [0.3, 0.4) is 0 Å². The Bertz CT molecular complexity index is 1230. The van der Waals surface area contributed by atoms with E-state index in [1.54, 1.807) is 0 Å². The Labute approximate surface area is 437 Å². The number of rotatable bonds is 46. The first-order chi connectivity index (χ1) is 34.6. The van der Waals surface area contributed by atoms with E-state index in [-0.39, 0.29) is 25.2 Å². The van der Waals surface area contributed by atoms with E-state index in [1.807, 2.05) is 0 Å². The normalized spacial score (nSPS) is 14.1. The number of hydrogen-bond acceptors (Lipinski definition) is 10. The minimum Gasteiger partial charge on any atom is -0.542 e. The van der Waals surface area contributed by atoms with Crippen molar-refractivity contribution >= 4 is 23.9 Å². The van der Waals surface area contributed by atoms with E-state index in [2.05, 4.69) is 27.9 Å². The van der Waals surface area contributed by atoms with Crippen LogP contribution in [-0.4, -0.2) is 135 Å². The standard InChI is InChI=1S/C51H104N2O6.2C2HF3O2/c1-7-9-11-13-15-17-19-21-23-25-27-29-31-33-35-38-42-52(3,48(46-54)50(56)58-5)44-40-37-41-45-53(4,49(47-55)51(57)59-6)43-39-36-34-32-30-28-26-24-22-20-18-16-14-12-10-8-2;2*3-2(4,5)1(6)7/h48-49,54-55H,7-47H2,1-6H3;2*(H,6,7)/q+2;;/p-2/t48-,49-,52?,53?;;/m0../s1. The summed E-state index contributed by atoms with van der Waals surface area (Å²) >= 11 is 0. The number of carbonyl (C=O) groups is 4. The van der Waals surface area contributed by atoms with Crippen LogP contribution < -0.4 is 10.2 Å². The number of aliphatic carboxylic acids is 2. The molecule has 12 nitrogen and oxygen atoms in total. The van der Waals surface area contributed by atoms with Crippen molar-refractivity contribution < 1.29 is 84.4 Å². The molecule has 0 aliphatic rings. The van der Waals surface area contributed by atoms with Crippen LogP contribution in [0.4, 0.5) is 26.3 Å². The Morgan fingerprint density at radius 1 is 0.384 bits per heavy atom. The van der Waals surface area contributed by atoms with Gasteiger partial charge in [-0.1, -0.05) is 194 Å². The topological polar surface area (TPSA) is 173 Å². The molecule has 0 aromatic rings. The summed E-state index contributed by atoms with van der Waals surface area (Å²) in [5.74, 6) is -6.68. The number of halogens is 6. The summed E-state index contributed by atoms with van der Waals surface area (Å²) in [5.41, 5.74) is 0. The maximum atomic E-state index is 12.8. The van der Waals surface area contributed by atoms with Gasteiger partial charge < -0.3 is 48.5 Å². The molecule has 0 saturated carbocycles. The molecule has 2 N–H and O–H groups in total. The molecule has 73 heavy (non-hydrogen) atoms. The fourth-order valence-corrected chi connectivity index (χ4v) is 9.34. The zero-order chi connectivity index (χ0) is 55.9. The number of aliphatic hydroxyl groups is 2. The first-order valence-corrected chi connectivity index (χ1v) is 28.2. The predicted octanol–water partition coefficient (Wildman–Crippen LogP) is 11.2. The van der Waals surface area contributed by atoms with Gasteiger partial charge in [-0.3, -0.25) is 0 Å². The third kappa shape index (κ3) is 43.1. The molecular weight excluding hydrogens is 963 g/mol. The molecule has 0 saturated heterocycles. The first-order valence-electron chi connectivity index (χ1n) is 28.2. The molecule has 4 atom stereocenters. The number of alkyl halides is 6. The van der Waals surface area contributed by atoms with Gasteiger partial charge in [0, 0.05) is 0 Å². The number of unbranched alkanes of at least 4 members (excludes halogenated alkanes) is 32. The number of nitrogens with zero attached hydrogens (tertiary/aromatic N) is 2.